The van der Waals surface area contributed by atoms with E-state index in [1.54, 1.807) is 11.3 Å². The van der Waals surface area contributed by atoms with Gasteiger partial charge in [-0.15, -0.1) is 11.3 Å². The van der Waals surface area contributed by atoms with Gasteiger partial charge >= 0.3 is 5.97 Å². The molecule has 1 aromatic heterocycles. The quantitative estimate of drug-likeness (QED) is 0.643. The summed E-state index contributed by atoms with van der Waals surface area (Å²) in [6, 6.07) is 0.842. The highest BCUT2D eigenvalue weighted by Gasteiger charge is 2.23. The van der Waals surface area contributed by atoms with E-state index >= 15 is 0 Å². The first-order valence-corrected chi connectivity index (χ1v) is 6.15. The molecule has 1 aromatic rings. The summed E-state index contributed by atoms with van der Waals surface area (Å²) in [6.45, 7) is 2.47. The van der Waals surface area contributed by atoms with Gasteiger partial charge in [-0.1, -0.05) is 0 Å². The van der Waals surface area contributed by atoms with Gasteiger partial charge in [-0.25, -0.2) is 4.79 Å². The van der Waals surface area contributed by atoms with E-state index in [0.29, 0.717) is 6.54 Å². The molecular weight excluding hydrogens is 240 g/mol. The Morgan fingerprint density at radius 3 is 2.71 bits per heavy atom. The minimum atomic E-state index is -1.18. The van der Waals surface area contributed by atoms with Crippen molar-refractivity contribution >= 4 is 23.2 Å². The zero-order valence-electron chi connectivity index (χ0n) is 9.82. The molecular formula is C11H16N2O3S. The van der Waals surface area contributed by atoms with Gasteiger partial charge in [-0.3, -0.25) is 10.1 Å². The van der Waals surface area contributed by atoms with Gasteiger partial charge in [0.2, 0.25) is 5.91 Å². The number of hydrogen-bond donors (Lipinski definition) is 3. The maximum atomic E-state index is 11.5. The first-order chi connectivity index (χ1) is 8.06. The molecule has 1 unspecified atom stereocenters. The molecule has 0 radical (unpaired) electrons. The highest BCUT2D eigenvalue weighted by molar-refractivity contribution is 7.10. The molecule has 6 heteroatoms. The van der Waals surface area contributed by atoms with Crippen LogP contribution in [0.1, 0.15) is 10.4 Å². The Kier molecular flexibility index (Phi) is 5.11. The summed E-state index contributed by atoms with van der Waals surface area (Å²) < 4.78 is 0. The van der Waals surface area contributed by atoms with E-state index < -0.39 is 17.9 Å². The van der Waals surface area contributed by atoms with E-state index in [0.717, 1.165) is 6.42 Å². The smallest absolute Gasteiger partial charge is 0.330 e. The second kappa shape index (κ2) is 6.36. The Morgan fingerprint density at radius 1 is 1.53 bits per heavy atom. The molecule has 0 spiro atoms. The fourth-order valence-electron chi connectivity index (χ4n) is 1.43. The number of aryl methyl sites for hydroxylation is 1. The van der Waals surface area contributed by atoms with Gasteiger partial charge in [0.05, 0.1) is 0 Å². The van der Waals surface area contributed by atoms with Gasteiger partial charge in [-0.05, 0) is 37.4 Å². The number of carbonyl (C=O) groups is 2. The average Bonchev–Trinajstić information content (AvgIpc) is 2.65. The first-order valence-electron chi connectivity index (χ1n) is 5.27. The number of hydrogen-bond acceptors (Lipinski definition) is 4. The van der Waals surface area contributed by atoms with Crippen LogP contribution in [0.25, 0.3) is 0 Å². The lowest BCUT2D eigenvalue weighted by molar-refractivity contribution is -0.143. The molecule has 3 N–H and O–H groups in total. The lowest BCUT2D eigenvalue weighted by Gasteiger charge is -2.11. The number of carbonyl (C=O) groups excluding carboxylic acids is 1. The zero-order chi connectivity index (χ0) is 12.8. The molecule has 1 atom stereocenters. The van der Waals surface area contributed by atoms with Crippen molar-refractivity contribution in [2.45, 2.75) is 19.4 Å². The fourth-order valence-corrected chi connectivity index (χ4v) is 2.34. The van der Waals surface area contributed by atoms with Gasteiger partial charge in [0.25, 0.3) is 0 Å². The molecule has 17 heavy (non-hydrogen) atoms. The Bertz CT molecular complexity index is 403. The molecule has 0 saturated heterocycles. The average molecular weight is 256 g/mol. The summed E-state index contributed by atoms with van der Waals surface area (Å²) in [6.07, 6.45) is 0.727. The summed E-state index contributed by atoms with van der Waals surface area (Å²) in [7, 11) is 1.45. The van der Waals surface area contributed by atoms with Crippen molar-refractivity contribution in [3.05, 3.63) is 21.9 Å². The molecule has 0 fully saturated rings. The van der Waals surface area contributed by atoms with Crippen LogP contribution >= 0.6 is 11.3 Å². The Balaban J connectivity index is 2.38. The molecule has 1 rings (SSSR count). The van der Waals surface area contributed by atoms with Crippen LogP contribution < -0.4 is 10.6 Å². The van der Waals surface area contributed by atoms with Crippen molar-refractivity contribution in [3.8, 4) is 0 Å². The van der Waals surface area contributed by atoms with Gasteiger partial charge in [0.1, 0.15) is 0 Å². The molecule has 1 amide bonds. The fraction of sp³-hybridized carbons (Fsp3) is 0.455. The zero-order valence-corrected chi connectivity index (χ0v) is 10.6. The monoisotopic (exact) mass is 256 g/mol. The van der Waals surface area contributed by atoms with Crippen molar-refractivity contribution in [1.29, 1.82) is 0 Å². The summed E-state index contributed by atoms with van der Waals surface area (Å²) in [5.41, 5.74) is 1.20. The standard InChI is InChI=1S/C11H16N2O3S/c1-7-4-6-17-8(7)3-5-13-10(14)9(12-2)11(15)16/h4,6,9,12H,3,5H2,1-2H3,(H,13,14)(H,15,16). The lowest BCUT2D eigenvalue weighted by Crippen LogP contribution is -2.48. The third kappa shape index (κ3) is 3.83. The highest BCUT2D eigenvalue weighted by atomic mass is 32.1. The van der Waals surface area contributed by atoms with Crippen molar-refractivity contribution in [1.82, 2.24) is 10.6 Å². The molecule has 0 saturated carbocycles. The summed E-state index contributed by atoms with van der Waals surface area (Å²) in [4.78, 5) is 23.4. The first kappa shape index (κ1) is 13.7. The number of carboxylic acids is 1. The topological polar surface area (TPSA) is 78.4 Å². The normalized spacial score (nSPS) is 12.1. The van der Waals surface area contributed by atoms with Crippen LogP contribution in [0.2, 0.25) is 0 Å². The maximum Gasteiger partial charge on any atom is 0.330 e. The van der Waals surface area contributed by atoms with E-state index in [-0.39, 0.29) is 0 Å². The van der Waals surface area contributed by atoms with E-state index in [1.165, 1.54) is 17.5 Å². The molecule has 0 aliphatic carbocycles. The number of likely N-dealkylation sites (N-methyl/N-ethyl adjacent to an activating group) is 1. The van der Waals surface area contributed by atoms with Crippen molar-refractivity contribution in [2.75, 3.05) is 13.6 Å². The SMILES string of the molecule is CNC(C(=O)O)C(=O)NCCc1sccc1C. The summed E-state index contributed by atoms with van der Waals surface area (Å²) in [5.74, 6) is -1.67. The second-order valence-electron chi connectivity index (χ2n) is 3.63. The summed E-state index contributed by atoms with van der Waals surface area (Å²) in [5, 5.41) is 15.8. The van der Waals surface area contributed by atoms with E-state index in [4.69, 9.17) is 5.11 Å². The van der Waals surface area contributed by atoms with Crippen LogP contribution in [0.4, 0.5) is 0 Å². The van der Waals surface area contributed by atoms with Crippen molar-refractivity contribution in [2.24, 2.45) is 0 Å². The molecule has 0 aliphatic heterocycles. The number of aliphatic carboxylic acids is 1. The molecule has 0 aliphatic rings. The minimum absolute atomic E-state index is 0.450. The Hall–Kier alpha value is -1.40. The largest absolute Gasteiger partial charge is 0.480 e. The minimum Gasteiger partial charge on any atom is -0.480 e. The molecule has 1 heterocycles. The number of carboxylic acid groups (broad SMARTS) is 1. The van der Waals surface area contributed by atoms with Gasteiger partial charge in [-0.2, -0.15) is 0 Å². The number of thiophene rings is 1. The Labute approximate surface area is 104 Å². The van der Waals surface area contributed by atoms with E-state index in [1.807, 2.05) is 18.4 Å². The van der Waals surface area contributed by atoms with Gasteiger partial charge in [0, 0.05) is 11.4 Å². The number of amides is 1. The summed E-state index contributed by atoms with van der Waals surface area (Å²) >= 11 is 1.64. The van der Waals surface area contributed by atoms with E-state index in [9.17, 15) is 9.59 Å². The third-order valence-electron chi connectivity index (χ3n) is 2.42. The van der Waals surface area contributed by atoms with Gasteiger partial charge in [0.15, 0.2) is 6.04 Å². The molecule has 0 aromatic carbocycles. The Morgan fingerprint density at radius 2 is 2.24 bits per heavy atom. The van der Waals surface area contributed by atoms with Crippen LogP contribution in [-0.2, 0) is 16.0 Å². The van der Waals surface area contributed by atoms with Crippen LogP contribution in [0.15, 0.2) is 11.4 Å². The van der Waals surface area contributed by atoms with E-state index in [2.05, 4.69) is 10.6 Å². The molecule has 5 nitrogen and oxygen atoms in total. The van der Waals surface area contributed by atoms with Crippen LogP contribution in [0.3, 0.4) is 0 Å². The second-order valence-corrected chi connectivity index (χ2v) is 4.63. The predicted octanol–water partition coefficient (Wildman–Crippen LogP) is 0.388. The number of nitrogens with one attached hydrogen (secondary N) is 2. The van der Waals surface area contributed by atoms with Crippen molar-refractivity contribution < 1.29 is 14.7 Å². The number of rotatable bonds is 6. The highest BCUT2D eigenvalue weighted by Crippen LogP contribution is 2.15. The van der Waals surface area contributed by atoms with Crippen molar-refractivity contribution in [3.63, 3.8) is 0 Å². The lowest BCUT2D eigenvalue weighted by atomic mass is 10.2. The van der Waals surface area contributed by atoms with Crippen LogP contribution in [0.5, 0.6) is 0 Å². The predicted molar refractivity (Wildman–Crippen MR) is 66.3 cm³/mol. The van der Waals surface area contributed by atoms with Gasteiger partial charge < -0.3 is 10.4 Å². The third-order valence-corrected chi connectivity index (χ3v) is 3.50. The van der Waals surface area contributed by atoms with Crippen LogP contribution in [-0.4, -0.2) is 36.6 Å². The maximum absolute atomic E-state index is 11.5. The molecule has 0 bridgehead atoms. The molecule has 94 valence electrons. The van der Waals surface area contributed by atoms with Crippen LogP contribution in [0, 0.1) is 6.92 Å².